The summed E-state index contributed by atoms with van der Waals surface area (Å²) >= 11 is 1.81. The number of nitrogens with zero attached hydrogens (tertiary/aromatic N) is 3. The van der Waals surface area contributed by atoms with E-state index in [1.165, 1.54) is 20.2 Å². The lowest BCUT2D eigenvalue weighted by Gasteiger charge is -2.11. The van der Waals surface area contributed by atoms with Crippen molar-refractivity contribution in [2.45, 2.75) is 6.92 Å². The Bertz CT molecular complexity index is 1870. The molecular formula is C34H23N3S. The van der Waals surface area contributed by atoms with Crippen LogP contribution < -0.4 is 0 Å². The second-order valence-corrected chi connectivity index (χ2v) is 10.5. The number of thiophene rings is 1. The molecule has 0 saturated heterocycles. The highest BCUT2D eigenvalue weighted by atomic mass is 32.1. The molecule has 7 rings (SSSR count). The van der Waals surface area contributed by atoms with Crippen molar-refractivity contribution >= 4 is 31.5 Å². The van der Waals surface area contributed by atoms with Crippen LogP contribution in [0.25, 0.3) is 65.2 Å². The summed E-state index contributed by atoms with van der Waals surface area (Å²) in [6.07, 6.45) is 0. The minimum atomic E-state index is 0.678. The van der Waals surface area contributed by atoms with Gasteiger partial charge in [0, 0.05) is 31.3 Å². The highest BCUT2D eigenvalue weighted by Gasteiger charge is 2.14. The van der Waals surface area contributed by atoms with Crippen LogP contribution in [-0.2, 0) is 0 Å². The predicted molar refractivity (Wildman–Crippen MR) is 159 cm³/mol. The van der Waals surface area contributed by atoms with Crippen LogP contribution in [0.1, 0.15) is 5.82 Å². The Labute approximate surface area is 225 Å². The van der Waals surface area contributed by atoms with Gasteiger partial charge in [-0.1, -0.05) is 78.9 Å². The lowest BCUT2D eigenvalue weighted by atomic mass is 9.96. The summed E-state index contributed by atoms with van der Waals surface area (Å²) in [5.74, 6) is 2.07. The molecule has 7 aromatic rings. The molecule has 5 aromatic carbocycles. The van der Waals surface area contributed by atoms with Gasteiger partial charge in [0.15, 0.2) is 11.6 Å². The average Bonchev–Trinajstić information content (AvgIpc) is 3.35. The number of aryl methyl sites for hydroxylation is 1. The van der Waals surface area contributed by atoms with Crippen LogP contribution >= 0.6 is 11.3 Å². The van der Waals surface area contributed by atoms with Crippen LogP contribution in [-0.4, -0.2) is 15.0 Å². The van der Waals surface area contributed by atoms with Crippen LogP contribution in [0, 0.1) is 6.92 Å². The first kappa shape index (κ1) is 22.5. The second-order valence-electron chi connectivity index (χ2n) is 9.37. The van der Waals surface area contributed by atoms with Crippen molar-refractivity contribution in [2.24, 2.45) is 0 Å². The largest absolute Gasteiger partial charge is 0.213 e. The van der Waals surface area contributed by atoms with E-state index in [1.54, 1.807) is 0 Å². The van der Waals surface area contributed by atoms with Crippen LogP contribution in [0.2, 0.25) is 0 Å². The first-order valence-electron chi connectivity index (χ1n) is 12.6. The highest BCUT2D eigenvalue weighted by Crippen LogP contribution is 2.36. The maximum Gasteiger partial charge on any atom is 0.163 e. The third-order valence-corrected chi connectivity index (χ3v) is 7.94. The van der Waals surface area contributed by atoms with E-state index >= 15 is 0 Å². The topological polar surface area (TPSA) is 38.7 Å². The average molecular weight is 506 g/mol. The molecule has 0 amide bonds. The molecule has 4 heteroatoms. The standard InChI is InChI=1S/C34H23N3S/c1-22-35-33(25-16-17-32-30(21-25)29-14-8-9-15-31(29)38-32)37-34(36-22)28-19-26(23-10-4-2-5-11-23)18-27(20-28)24-12-6-3-7-13-24/h2-21H,1H3. The van der Waals surface area contributed by atoms with Crippen molar-refractivity contribution in [1.29, 1.82) is 0 Å². The zero-order valence-corrected chi connectivity index (χ0v) is 21.6. The van der Waals surface area contributed by atoms with E-state index in [1.807, 2.05) is 30.4 Å². The quantitative estimate of drug-likeness (QED) is 0.239. The normalized spacial score (nSPS) is 11.3. The van der Waals surface area contributed by atoms with Gasteiger partial charge in [-0.25, -0.2) is 15.0 Å². The molecule has 0 spiro atoms. The van der Waals surface area contributed by atoms with Gasteiger partial charge in [0.1, 0.15) is 5.82 Å². The zero-order valence-electron chi connectivity index (χ0n) is 20.8. The van der Waals surface area contributed by atoms with Gasteiger partial charge in [0.25, 0.3) is 0 Å². The molecule has 180 valence electrons. The van der Waals surface area contributed by atoms with Gasteiger partial charge in [0.05, 0.1) is 0 Å². The van der Waals surface area contributed by atoms with E-state index in [4.69, 9.17) is 15.0 Å². The molecule has 0 saturated carbocycles. The fourth-order valence-corrected chi connectivity index (χ4v) is 6.04. The van der Waals surface area contributed by atoms with Crippen LogP contribution in [0.5, 0.6) is 0 Å². The molecule has 0 bridgehead atoms. The van der Waals surface area contributed by atoms with Crippen molar-refractivity contribution in [3.05, 3.63) is 127 Å². The van der Waals surface area contributed by atoms with Crippen LogP contribution in [0.15, 0.2) is 121 Å². The van der Waals surface area contributed by atoms with Gasteiger partial charge < -0.3 is 0 Å². The smallest absolute Gasteiger partial charge is 0.163 e. The van der Waals surface area contributed by atoms with E-state index < -0.39 is 0 Å². The number of hydrogen-bond acceptors (Lipinski definition) is 4. The first-order valence-corrected chi connectivity index (χ1v) is 13.4. The summed E-state index contributed by atoms with van der Waals surface area (Å²) < 4.78 is 2.56. The van der Waals surface area contributed by atoms with Gasteiger partial charge in [0.2, 0.25) is 0 Å². The number of rotatable bonds is 4. The van der Waals surface area contributed by atoms with Crippen molar-refractivity contribution in [3.63, 3.8) is 0 Å². The fraction of sp³-hybridized carbons (Fsp3) is 0.0294. The zero-order chi connectivity index (χ0) is 25.5. The molecule has 0 fully saturated rings. The Morgan fingerprint density at radius 1 is 0.421 bits per heavy atom. The highest BCUT2D eigenvalue weighted by molar-refractivity contribution is 7.25. The number of benzene rings is 5. The summed E-state index contributed by atoms with van der Waals surface area (Å²) in [6, 6.07) is 42.5. The van der Waals surface area contributed by atoms with Gasteiger partial charge in [-0.3, -0.25) is 0 Å². The first-order chi connectivity index (χ1) is 18.7. The summed E-state index contributed by atoms with van der Waals surface area (Å²) in [5.41, 5.74) is 6.55. The van der Waals surface area contributed by atoms with E-state index in [9.17, 15) is 0 Å². The van der Waals surface area contributed by atoms with E-state index in [0.29, 0.717) is 17.5 Å². The minimum Gasteiger partial charge on any atom is -0.213 e. The molecular weight excluding hydrogens is 482 g/mol. The molecule has 38 heavy (non-hydrogen) atoms. The van der Waals surface area contributed by atoms with Gasteiger partial charge in [-0.2, -0.15) is 0 Å². The molecule has 2 heterocycles. The summed E-state index contributed by atoms with van der Waals surface area (Å²) in [6.45, 7) is 1.94. The summed E-state index contributed by atoms with van der Waals surface area (Å²) in [4.78, 5) is 14.5. The molecule has 3 nitrogen and oxygen atoms in total. The van der Waals surface area contributed by atoms with Crippen LogP contribution in [0.3, 0.4) is 0 Å². The summed E-state index contributed by atoms with van der Waals surface area (Å²) in [7, 11) is 0. The van der Waals surface area contributed by atoms with Gasteiger partial charge >= 0.3 is 0 Å². The molecule has 2 aromatic heterocycles. The Hall–Kier alpha value is -4.67. The Kier molecular flexibility index (Phi) is 5.53. The lowest BCUT2D eigenvalue weighted by Crippen LogP contribution is -2.00. The lowest BCUT2D eigenvalue weighted by molar-refractivity contribution is 0.992. The minimum absolute atomic E-state index is 0.678. The Balaban J connectivity index is 1.39. The monoisotopic (exact) mass is 505 g/mol. The number of fused-ring (bicyclic) bond motifs is 3. The van der Waals surface area contributed by atoms with Gasteiger partial charge in [-0.05, 0) is 71.6 Å². The molecule has 0 aliphatic carbocycles. The summed E-state index contributed by atoms with van der Waals surface area (Å²) in [5, 5.41) is 2.50. The molecule has 0 atom stereocenters. The molecule has 0 aliphatic heterocycles. The van der Waals surface area contributed by atoms with Crippen molar-refractivity contribution in [3.8, 4) is 45.0 Å². The predicted octanol–water partition coefficient (Wildman–Crippen LogP) is 9.22. The van der Waals surface area contributed by atoms with E-state index in [0.717, 1.165) is 33.4 Å². The van der Waals surface area contributed by atoms with Crippen molar-refractivity contribution in [1.82, 2.24) is 15.0 Å². The maximum absolute atomic E-state index is 5.00. The van der Waals surface area contributed by atoms with Gasteiger partial charge in [-0.15, -0.1) is 11.3 Å². The maximum atomic E-state index is 5.00. The fourth-order valence-electron chi connectivity index (χ4n) is 4.96. The third kappa shape index (κ3) is 4.15. The SMILES string of the molecule is Cc1nc(-c2cc(-c3ccccc3)cc(-c3ccccc3)c2)nc(-c2ccc3sc4ccccc4c3c2)n1. The second kappa shape index (κ2) is 9.33. The molecule has 0 N–H and O–H groups in total. The molecule has 0 unspecified atom stereocenters. The Morgan fingerprint density at radius 2 is 0.974 bits per heavy atom. The third-order valence-electron chi connectivity index (χ3n) is 6.79. The Morgan fingerprint density at radius 3 is 1.66 bits per heavy atom. The number of hydrogen-bond donors (Lipinski definition) is 0. The molecule has 0 radical (unpaired) electrons. The van der Waals surface area contributed by atoms with Crippen molar-refractivity contribution in [2.75, 3.05) is 0 Å². The van der Waals surface area contributed by atoms with E-state index in [-0.39, 0.29) is 0 Å². The number of aromatic nitrogens is 3. The van der Waals surface area contributed by atoms with Crippen molar-refractivity contribution < 1.29 is 0 Å². The van der Waals surface area contributed by atoms with E-state index in [2.05, 4.69) is 109 Å². The molecule has 0 aliphatic rings. The van der Waals surface area contributed by atoms with Crippen LogP contribution in [0.4, 0.5) is 0 Å².